The first-order valence-electron chi connectivity index (χ1n) is 6.81. The number of halogens is 1. The number of rotatable bonds is 5. The number of nitrogens with zero attached hydrogens (tertiary/aromatic N) is 1. The van der Waals surface area contributed by atoms with Crippen LogP contribution < -0.4 is 10.2 Å². The number of hydrogen-bond acceptors (Lipinski definition) is 3. The minimum atomic E-state index is -0.612. The number of anilines is 1. The normalized spacial score (nSPS) is 14.3. The second kappa shape index (κ2) is 5.71. The van der Waals surface area contributed by atoms with Crippen molar-refractivity contribution in [1.29, 1.82) is 0 Å². The molecule has 4 nitrogen and oxygen atoms in total. The molecule has 0 radical (unpaired) electrons. The highest BCUT2D eigenvalue weighted by atomic mass is 19.1. The number of hydrogen-bond donors (Lipinski definition) is 1. The third-order valence-electron chi connectivity index (χ3n) is 3.33. The van der Waals surface area contributed by atoms with Gasteiger partial charge in [0.1, 0.15) is 5.82 Å². The van der Waals surface area contributed by atoms with E-state index in [0.717, 1.165) is 19.0 Å². The third-order valence-corrected chi connectivity index (χ3v) is 3.33. The maximum atomic E-state index is 13.4. The first kappa shape index (κ1) is 14.7. The molecule has 0 spiro atoms. The second-order valence-electron chi connectivity index (χ2n) is 5.37. The third kappa shape index (κ3) is 2.72. The van der Waals surface area contributed by atoms with Gasteiger partial charge in [0.25, 0.3) is 11.7 Å². The Morgan fingerprint density at radius 1 is 1.30 bits per heavy atom. The number of amides is 1. The van der Waals surface area contributed by atoms with Gasteiger partial charge in [-0.1, -0.05) is 13.8 Å². The van der Waals surface area contributed by atoms with Crippen molar-refractivity contribution >= 4 is 17.4 Å². The van der Waals surface area contributed by atoms with Crippen LogP contribution in [0.25, 0.3) is 0 Å². The van der Waals surface area contributed by atoms with Crippen LogP contribution in [0.4, 0.5) is 10.1 Å². The Morgan fingerprint density at radius 3 is 2.65 bits per heavy atom. The topological polar surface area (TPSA) is 49.4 Å². The largest absolute Gasteiger partial charge is 0.314 e. The van der Waals surface area contributed by atoms with Crippen LogP contribution in [0, 0.1) is 12.7 Å². The molecule has 108 valence electrons. The summed E-state index contributed by atoms with van der Waals surface area (Å²) in [5, 5.41) is 3.26. The van der Waals surface area contributed by atoms with Gasteiger partial charge in [0.05, 0.1) is 11.3 Å². The number of ketones is 1. The van der Waals surface area contributed by atoms with Crippen LogP contribution in [0.2, 0.25) is 0 Å². The van der Waals surface area contributed by atoms with E-state index in [-0.39, 0.29) is 5.56 Å². The van der Waals surface area contributed by atoms with Gasteiger partial charge in [-0.25, -0.2) is 4.39 Å². The molecular formula is C15H19FN2O2. The van der Waals surface area contributed by atoms with Gasteiger partial charge in [-0.2, -0.15) is 0 Å². The van der Waals surface area contributed by atoms with Crippen molar-refractivity contribution in [3.8, 4) is 0 Å². The van der Waals surface area contributed by atoms with Crippen molar-refractivity contribution in [2.24, 2.45) is 0 Å². The molecule has 0 aliphatic carbocycles. The molecule has 0 aromatic heterocycles. The fraction of sp³-hybridized carbons (Fsp3) is 0.467. The number of Topliss-reactive ketones (excluding diaryl/α,β-unsaturated/α-hetero) is 1. The number of carbonyl (C=O) groups is 2. The van der Waals surface area contributed by atoms with E-state index in [0.29, 0.717) is 23.8 Å². The Morgan fingerprint density at radius 2 is 2.00 bits per heavy atom. The minimum Gasteiger partial charge on any atom is -0.314 e. The molecule has 1 aromatic rings. The number of carbonyl (C=O) groups excluding carboxylic acids is 2. The number of aryl methyl sites for hydroxylation is 1. The molecule has 0 unspecified atom stereocenters. The summed E-state index contributed by atoms with van der Waals surface area (Å²) in [7, 11) is 0. The van der Waals surface area contributed by atoms with Gasteiger partial charge >= 0.3 is 0 Å². The fourth-order valence-corrected chi connectivity index (χ4v) is 2.45. The summed E-state index contributed by atoms with van der Waals surface area (Å²) in [6, 6.07) is 2.88. The maximum absolute atomic E-state index is 13.4. The van der Waals surface area contributed by atoms with Crippen molar-refractivity contribution in [1.82, 2.24) is 5.32 Å². The Balaban J connectivity index is 2.16. The van der Waals surface area contributed by atoms with Crippen LogP contribution in [0.3, 0.4) is 0 Å². The van der Waals surface area contributed by atoms with E-state index in [1.807, 2.05) is 13.8 Å². The van der Waals surface area contributed by atoms with Crippen LogP contribution in [0.5, 0.6) is 0 Å². The van der Waals surface area contributed by atoms with E-state index in [1.54, 1.807) is 6.92 Å². The highest BCUT2D eigenvalue weighted by Crippen LogP contribution is 2.33. The van der Waals surface area contributed by atoms with Crippen LogP contribution in [0.1, 0.15) is 36.2 Å². The summed E-state index contributed by atoms with van der Waals surface area (Å²) in [6.45, 7) is 7.04. The lowest BCUT2D eigenvalue weighted by Crippen LogP contribution is -2.33. The molecule has 2 rings (SSSR count). The zero-order valence-corrected chi connectivity index (χ0v) is 12.0. The summed E-state index contributed by atoms with van der Waals surface area (Å²) in [5.41, 5.74) is 1.37. The van der Waals surface area contributed by atoms with Crippen molar-refractivity contribution in [3.05, 3.63) is 29.1 Å². The van der Waals surface area contributed by atoms with Gasteiger partial charge in [-0.15, -0.1) is 0 Å². The zero-order valence-electron chi connectivity index (χ0n) is 12.0. The lowest BCUT2D eigenvalue weighted by molar-refractivity contribution is -0.114. The molecule has 0 bridgehead atoms. The van der Waals surface area contributed by atoms with Crippen LogP contribution >= 0.6 is 0 Å². The predicted molar refractivity (Wildman–Crippen MR) is 75.6 cm³/mol. The molecule has 20 heavy (non-hydrogen) atoms. The Hall–Kier alpha value is -1.75. The van der Waals surface area contributed by atoms with Gasteiger partial charge in [0, 0.05) is 12.6 Å². The molecule has 0 fully saturated rings. The maximum Gasteiger partial charge on any atom is 0.299 e. The summed E-state index contributed by atoms with van der Waals surface area (Å²) >= 11 is 0. The summed E-state index contributed by atoms with van der Waals surface area (Å²) in [6.07, 6.45) is 0.744. The number of fused-ring (bicyclic) bond motifs is 1. The summed E-state index contributed by atoms with van der Waals surface area (Å²) in [5.74, 6) is -1.65. The molecule has 1 heterocycles. The summed E-state index contributed by atoms with van der Waals surface area (Å²) in [4.78, 5) is 25.3. The monoisotopic (exact) mass is 278 g/mol. The molecule has 1 aliphatic rings. The van der Waals surface area contributed by atoms with E-state index in [2.05, 4.69) is 5.32 Å². The van der Waals surface area contributed by atoms with E-state index in [9.17, 15) is 14.0 Å². The number of benzene rings is 1. The van der Waals surface area contributed by atoms with Crippen molar-refractivity contribution in [3.63, 3.8) is 0 Å². The van der Waals surface area contributed by atoms with Crippen molar-refractivity contribution < 1.29 is 14.0 Å². The van der Waals surface area contributed by atoms with Crippen molar-refractivity contribution in [2.75, 3.05) is 18.0 Å². The Labute approximate surface area is 118 Å². The highest BCUT2D eigenvalue weighted by Gasteiger charge is 2.36. The van der Waals surface area contributed by atoms with E-state index in [4.69, 9.17) is 0 Å². The Bertz CT molecular complexity index is 555. The second-order valence-corrected chi connectivity index (χ2v) is 5.37. The van der Waals surface area contributed by atoms with E-state index < -0.39 is 17.5 Å². The Kier molecular flexibility index (Phi) is 4.18. The number of nitrogens with one attached hydrogen (secondary N) is 1. The van der Waals surface area contributed by atoms with Gasteiger partial charge in [0.2, 0.25) is 0 Å². The van der Waals surface area contributed by atoms with Gasteiger partial charge in [0.15, 0.2) is 0 Å². The first-order chi connectivity index (χ1) is 9.41. The van der Waals surface area contributed by atoms with Crippen LogP contribution in [0.15, 0.2) is 12.1 Å². The molecule has 1 aliphatic heterocycles. The van der Waals surface area contributed by atoms with E-state index in [1.165, 1.54) is 11.0 Å². The van der Waals surface area contributed by atoms with Crippen molar-refractivity contribution in [2.45, 2.75) is 33.2 Å². The predicted octanol–water partition coefficient (Wildman–Crippen LogP) is 2.05. The lowest BCUT2D eigenvalue weighted by atomic mass is 10.1. The average Bonchev–Trinajstić information content (AvgIpc) is 2.59. The zero-order chi connectivity index (χ0) is 14.9. The molecule has 1 amide bonds. The molecule has 5 heteroatoms. The van der Waals surface area contributed by atoms with Gasteiger partial charge < -0.3 is 10.2 Å². The van der Waals surface area contributed by atoms with Crippen LogP contribution in [-0.2, 0) is 4.79 Å². The lowest BCUT2D eigenvalue weighted by Gasteiger charge is -2.19. The standard InChI is InChI=1S/C15H19FN2O2/c1-9(2)17-5-4-6-18-13-10(3)7-11(16)8-12(13)14(19)15(18)20/h7-9,17H,4-6H2,1-3H3. The van der Waals surface area contributed by atoms with E-state index >= 15 is 0 Å². The average molecular weight is 278 g/mol. The molecule has 0 saturated heterocycles. The van der Waals surface area contributed by atoms with Gasteiger partial charge in [-0.05, 0) is 37.6 Å². The highest BCUT2D eigenvalue weighted by molar-refractivity contribution is 6.52. The SMILES string of the molecule is Cc1cc(F)cc2c1N(CCCNC(C)C)C(=O)C2=O. The quantitative estimate of drug-likeness (QED) is 0.662. The molecule has 0 atom stereocenters. The smallest absolute Gasteiger partial charge is 0.299 e. The molecule has 1 aromatic carbocycles. The minimum absolute atomic E-state index is 0.185. The molecule has 1 N–H and O–H groups in total. The first-order valence-corrected chi connectivity index (χ1v) is 6.81. The van der Waals surface area contributed by atoms with Gasteiger partial charge in [-0.3, -0.25) is 9.59 Å². The molecular weight excluding hydrogens is 259 g/mol. The molecule has 0 saturated carbocycles. The van der Waals surface area contributed by atoms with Crippen LogP contribution in [-0.4, -0.2) is 30.8 Å². The fourth-order valence-electron chi connectivity index (χ4n) is 2.45. The summed E-state index contributed by atoms with van der Waals surface area (Å²) < 4.78 is 13.4.